The molecular formula is C11H13BS. The fraction of sp³-hybridized carbons (Fsp3) is 0.273. The van der Waals surface area contributed by atoms with Crippen molar-refractivity contribution >= 4 is 25.1 Å². The zero-order valence-electron chi connectivity index (χ0n) is 8.29. The summed E-state index contributed by atoms with van der Waals surface area (Å²) in [5.74, 6) is 0. The summed E-state index contributed by atoms with van der Waals surface area (Å²) in [7, 11) is 5.67. The van der Waals surface area contributed by atoms with Gasteiger partial charge in [0.25, 0.3) is 0 Å². The molecule has 0 aliphatic carbocycles. The zero-order chi connectivity index (χ0) is 9.84. The second-order valence-corrected chi connectivity index (χ2v) is 4.31. The highest BCUT2D eigenvalue weighted by atomic mass is 32.2. The van der Waals surface area contributed by atoms with E-state index in [1.54, 1.807) is 11.8 Å². The number of hydrogen-bond acceptors (Lipinski definition) is 1. The minimum atomic E-state index is 0.833. The van der Waals surface area contributed by atoms with Crippen molar-refractivity contribution in [2.75, 3.05) is 0 Å². The van der Waals surface area contributed by atoms with Crippen molar-refractivity contribution in [2.45, 2.75) is 25.7 Å². The quantitative estimate of drug-likeness (QED) is 0.508. The third-order valence-electron chi connectivity index (χ3n) is 1.88. The smallest absolute Gasteiger partial charge is 0.0963 e. The van der Waals surface area contributed by atoms with Crippen LogP contribution < -0.4 is 5.46 Å². The number of aryl methyl sites for hydroxylation is 1. The van der Waals surface area contributed by atoms with Crippen molar-refractivity contribution in [2.24, 2.45) is 0 Å². The van der Waals surface area contributed by atoms with Gasteiger partial charge in [0.2, 0.25) is 0 Å². The van der Waals surface area contributed by atoms with Gasteiger partial charge in [-0.2, -0.15) is 0 Å². The molecule has 0 saturated heterocycles. The normalized spacial score (nSPS) is 11.8. The molecule has 2 radical (unpaired) electrons. The largest absolute Gasteiger partial charge is 0.113 e. The maximum absolute atomic E-state index is 5.67. The average molecular weight is 188 g/mol. The Morgan fingerprint density at radius 3 is 2.69 bits per heavy atom. The second kappa shape index (κ2) is 4.57. The van der Waals surface area contributed by atoms with Gasteiger partial charge in [-0.25, -0.2) is 0 Å². The van der Waals surface area contributed by atoms with E-state index in [9.17, 15) is 0 Å². The monoisotopic (exact) mass is 188 g/mol. The highest BCUT2D eigenvalue weighted by Gasteiger charge is 1.99. The lowest BCUT2D eigenvalue weighted by Gasteiger charge is -2.06. The van der Waals surface area contributed by atoms with E-state index in [0.717, 1.165) is 5.46 Å². The molecule has 0 heterocycles. The van der Waals surface area contributed by atoms with E-state index < -0.39 is 0 Å². The molecule has 1 aromatic rings. The molecule has 0 atom stereocenters. The van der Waals surface area contributed by atoms with Crippen LogP contribution in [0.5, 0.6) is 0 Å². The van der Waals surface area contributed by atoms with E-state index in [1.165, 1.54) is 15.4 Å². The van der Waals surface area contributed by atoms with E-state index >= 15 is 0 Å². The Hall–Kier alpha value is -0.625. The Balaban J connectivity index is 2.90. The number of hydrogen-bond donors (Lipinski definition) is 0. The standard InChI is InChI=1S/C11H13BS/c1-4-9(3)13-11-6-5-10(12)7-8(11)2/h4-7H,1-3H3/b9-4-. The molecule has 0 fully saturated rings. The summed E-state index contributed by atoms with van der Waals surface area (Å²) >= 11 is 1.78. The van der Waals surface area contributed by atoms with Crippen LogP contribution in [0.3, 0.4) is 0 Å². The minimum Gasteiger partial charge on any atom is -0.0963 e. The minimum absolute atomic E-state index is 0.833. The van der Waals surface area contributed by atoms with Gasteiger partial charge in [0.05, 0.1) is 0 Å². The molecule has 0 bridgehead atoms. The van der Waals surface area contributed by atoms with Crippen molar-refractivity contribution in [3.05, 3.63) is 34.7 Å². The first-order valence-corrected chi connectivity index (χ1v) is 5.12. The van der Waals surface area contributed by atoms with Crippen LogP contribution in [0.15, 0.2) is 34.1 Å². The maximum Gasteiger partial charge on any atom is 0.113 e. The highest BCUT2D eigenvalue weighted by molar-refractivity contribution is 8.03. The first-order chi connectivity index (χ1) is 6.13. The van der Waals surface area contributed by atoms with Gasteiger partial charge < -0.3 is 0 Å². The van der Waals surface area contributed by atoms with Crippen LogP contribution in [-0.4, -0.2) is 7.85 Å². The van der Waals surface area contributed by atoms with E-state index in [4.69, 9.17) is 7.85 Å². The van der Waals surface area contributed by atoms with Crippen LogP contribution in [0, 0.1) is 6.92 Å². The predicted octanol–water partition coefficient (Wildman–Crippen LogP) is 2.80. The van der Waals surface area contributed by atoms with Crippen LogP contribution in [0.1, 0.15) is 19.4 Å². The Morgan fingerprint density at radius 1 is 1.46 bits per heavy atom. The fourth-order valence-corrected chi connectivity index (χ4v) is 1.84. The summed E-state index contributed by atoms with van der Waals surface area (Å²) in [5, 5.41) is 0. The van der Waals surface area contributed by atoms with Gasteiger partial charge in [0, 0.05) is 4.90 Å². The van der Waals surface area contributed by atoms with Crippen molar-refractivity contribution < 1.29 is 0 Å². The van der Waals surface area contributed by atoms with Gasteiger partial charge in [0.15, 0.2) is 0 Å². The van der Waals surface area contributed by atoms with E-state index in [1.807, 2.05) is 12.1 Å². The molecule has 13 heavy (non-hydrogen) atoms. The zero-order valence-corrected chi connectivity index (χ0v) is 9.11. The SMILES string of the molecule is [B]c1ccc(S/C(C)=C\C)c(C)c1. The number of thioether (sulfide) groups is 1. The maximum atomic E-state index is 5.67. The van der Waals surface area contributed by atoms with Gasteiger partial charge in [-0.3, -0.25) is 0 Å². The Labute approximate surface area is 85.8 Å². The van der Waals surface area contributed by atoms with Crippen LogP contribution in [0.25, 0.3) is 0 Å². The van der Waals surface area contributed by atoms with Gasteiger partial charge in [0.1, 0.15) is 7.85 Å². The third-order valence-corrected chi connectivity index (χ3v) is 3.11. The molecule has 0 N–H and O–H groups in total. The van der Waals surface area contributed by atoms with Gasteiger partial charge >= 0.3 is 0 Å². The van der Waals surface area contributed by atoms with E-state index in [-0.39, 0.29) is 0 Å². The van der Waals surface area contributed by atoms with Gasteiger partial charge in [-0.15, -0.1) is 0 Å². The molecule has 0 amide bonds. The van der Waals surface area contributed by atoms with Crippen molar-refractivity contribution in [3.8, 4) is 0 Å². The molecule has 0 spiro atoms. The summed E-state index contributed by atoms with van der Waals surface area (Å²) in [6, 6.07) is 6.02. The number of rotatable bonds is 2. The van der Waals surface area contributed by atoms with Crippen molar-refractivity contribution in [3.63, 3.8) is 0 Å². The highest BCUT2D eigenvalue weighted by Crippen LogP contribution is 2.27. The lowest BCUT2D eigenvalue weighted by Crippen LogP contribution is -2.01. The molecule has 0 aliphatic heterocycles. The Bertz CT molecular complexity index is 329. The number of benzene rings is 1. The molecule has 0 nitrogen and oxygen atoms in total. The molecule has 0 aromatic heterocycles. The lowest BCUT2D eigenvalue weighted by molar-refractivity contribution is 1.32. The summed E-state index contributed by atoms with van der Waals surface area (Å²) in [5.41, 5.74) is 2.08. The number of allylic oxidation sites excluding steroid dienone is 2. The fourth-order valence-electron chi connectivity index (χ4n) is 1.02. The molecule has 0 aliphatic rings. The van der Waals surface area contributed by atoms with Crippen molar-refractivity contribution in [1.82, 2.24) is 0 Å². The summed E-state index contributed by atoms with van der Waals surface area (Å²) in [6.45, 7) is 6.25. The first-order valence-electron chi connectivity index (χ1n) is 4.30. The molecule has 66 valence electrons. The van der Waals surface area contributed by atoms with Crippen molar-refractivity contribution in [1.29, 1.82) is 0 Å². The summed E-state index contributed by atoms with van der Waals surface area (Å²) < 4.78 is 0. The summed E-state index contributed by atoms with van der Waals surface area (Å²) in [6.07, 6.45) is 2.11. The average Bonchev–Trinajstić information content (AvgIpc) is 2.09. The molecule has 1 aromatic carbocycles. The van der Waals surface area contributed by atoms with E-state index in [2.05, 4.69) is 32.9 Å². The molecular weight excluding hydrogens is 175 g/mol. The lowest BCUT2D eigenvalue weighted by atomic mass is 9.95. The Morgan fingerprint density at radius 2 is 2.15 bits per heavy atom. The predicted molar refractivity (Wildman–Crippen MR) is 61.9 cm³/mol. The second-order valence-electron chi connectivity index (χ2n) is 3.03. The molecule has 0 unspecified atom stereocenters. The van der Waals surface area contributed by atoms with Crippen LogP contribution in [0.4, 0.5) is 0 Å². The van der Waals surface area contributed by atoms with Gasteiger partial charge in [-0.1, -0.05) is 35.4 Å². The van der Waals surface area contributed by atoms with E-state index in [0.29, 0.717) is 0 Å². The van der Waals surface area contributed by atoms with Crippen LogP contribution in [0.2, 0.25) is 0 Å². The van der Waals surface area contributed by atoms with Gasteiger partial charge in [-0.05, 0) is 37.3 Å². The first kappa shape index (κ1) is 10.5. The summed E-state index contributed by atoms with van der Waals surface area (Å²) in [4.78, 5) is 2.60. The molecule has 1 rings (SSSR count). The van der Waals surface area contributed by atoms with Crippen LogP contribution >= 0.6 is 11.8 Å². The third kappa shape index (κ3) is 2.96. The molecule has 0 saturated carbocycles. The molecule has 2 heteroatoms. The van der Waals surface area contributed by atoms with Crippen LogP contribution in [-0.2, 0) is 0 Å². The topological polar surface area (TPSA) is 0 Å². The Kier molecular flexibility index (Phi) is 3.67.